The molecule has 1 N–H and O–H groups in total. The van der Waals surface area contributed by atoms with Crippen LogP contribution < -0.4 is 5.32 Å². The summed E-state index contributed by atoms with van der Waals surface area (Å²) in [4.78, 5) is 24.1. The maximum absolute atomic E-state index is 12.1. The summed E-state index contributed by atoms with van der Waals surface area (Å²) in [6.07, 6.45) is -0.933. The second kappa shape index (κ2) is 7.23. The first kappa shape index (κ1) is 16.2. The fraction of sp³-hybridized carbons (Fsp3) is 0.167. The van der Waals surface area contributed by atoms with Gasteiger partial charge in [-0.25, -0.2) is 4.79 Å². The van der Waals surface area contributed by atoms with Gasteiger partial charge in [-0.15, -0.1) is 0 Å². The van der Waals surface area contributed by atoms with Gasteiger partial charge in [-0.3, -0.25) is 4.79 Å². The van der Waals surface area contributed by atoms with Gasteiger partial charge in [0.25, 0.3) is 5.91 Å². The zero-order valence-electron chi connectivity index (χ0n) is 12.9. The SMILES string of the molecule is Cc1ccccc1C(=O)OC(C)C(=O)Nc1ccc(C#N)cc1. The van der Waals surface area contributed by atoms with E-state index in [4.69, 9.17) is 10.00 Å². The number of amides is 1. The number of aryl methyl sites for hydroxylation is 1. The Morgan fingerprint density at radius 3 is 2.39 bits per heavy atom. The van der Waals surface area contributed by atoms with E-state index in [1.807, 2.05) is 12.1 Å². The van der Waals surface area contributed by atoms with Crippen LogP contribution >= 0.6 is 0 Å². The van der Waals surface area contributed by atoms with Crippen molar-refractivity contribution in [2.45, 2.75) is 20.0 Å². The number of carbonyl (C=O) groups is 2. The average molecular weight is 308 g/mol. The Hall–Kier alpha value is -3.13. The Labute approximate surface area is 134 Å². The van der Waals surface area contributed by atoms with Crippen molar-refractivity contribution >= 4 is 17.6 Å². The number of anilines is 1. The second-order valence-electron chi connectivity index (χ2n) is 5.04. The fourth-order valence-corrected chi connectivity index (χ4v) is 1.95. The maximum Gasteiger partial charge on any atom is 0.339 e. The zero-order valence-corrected chi connectivity index (χ0v) is 12.9. The molecular formula is C18H16N2O3. The number of hydrogen-bond donors (Lipinski definition) is 1. The topological polar surface area (TPSA) is 79.2 Å². The van der Waals surface area contributed by atoms with Gasteiger partial charge in [0, 0.05) is 5.69 Å². The number of hydrogen-bond acceptors (Lipinski definition) is 4. The van der Waals surface area contributed by atoms with Crippen LogP contribution in [0.5, 0.6) is 0 Å². The molecule has 2 aromatic carbocycles. The van der Waals surface area contributed by atoms with E-state index in [1.165, 1.54) is 6.92 Å². The van der Waals surface area contributed by atoms with Gasteiger partial charge in [-0.2, -0.15) is 5.26 Å². The molecule has 0 bridgehead atoms. The van der Waals surface area contributed by atoms with Crippen molar-refractivity contribution in [1.82, 2.24) is 0 Å². The first-order chi connectivity index (χ1) is 11.0. The summed E-state index contributed by atoms with van der Waals surface area (Å²) >= 11 is 0. The van der Waals surface area contributed by atoms with Gasteiger partial charge in [0.1, 0.15) is 0 Å². The molecule has 23 heavy (non-hydrogen) atoms. The van der Waals surface area contributed by atoms with Crippen LogP contribution in [0.1, 0.15) is 28.4 Å². The van der Waals surface area contributed by atoms with E-state index >= 15 is 0 Å². The van der Waals surface area contributed by atoms with E-state index in [0.29, 0.717) is 16.8 Å². The zero-order chi connectivity index (χ0) is 16.8. The number of benzene rings is 2. The van der Waals surface area contributed by atoms with Gasteiger partial charge < -0.3 is 10.1 Å². The number of rotatable bonds is 4. The highest BCUT2D eigenvalue weighted by Gasteiger charge is 2.19. The summed E-state index contributed by atoms with van der Waals surface area (Å²) in [6, 6.07) is 15.5. The number of nitriles is 1. The normalized spacial score (nSPS) is 11.2. The van der Waals surface area contributed by atoms with E-state index < -0.39 is 18.0 Å². The first-order valence-corrected chi connectivity index (χ1v) is 7.09. The standard InChI is InChI=1S/C18H16N2O3/c1-12-5-3-4-6-16(12)18(22)23-13(2)17(21)20-15-9-7-14(11-19)8-10-15/h3-10,13H,1-2H3,(H,20,21). The van der Waals surface area contributed by atoms with Crippen LogP contribution in [-0.4, -0.2) is 18.0 Å². The molecule has 0 spiro atoms. The van der Waals surface area contributed by atoms with Crippen LogP contribution in [0.15, 0.2) is 48.5 Å². The molecule has 0 heterocycles. The molecule has 0 aromatic heterocycles. The molecule has 0 fully saturated rings. The molecule has 5 heteroatoms. The third-order valence-corrected chi connectivity index (χ3v) is 3.30. The number of esters is 1. The maximum atomic E-state index is 12.1. The molecule has 1 unspecified atom stereocenters. The van der Waals surface area contributed by atoms with Gasteiger partial charge in [-0.1, -0.05) is 18.2 Å². The van der Waals surface area contributed by atoms with E-state index in [1.54, 1.807) is 49.4 Å². The van der Waals surface area contributed by atoms with Crippen LogP contribution in [0.4, 0.5) is 5.69 Å². The number of nitrogens with zero attached hydrogens (tertiary/aromatic N) is 1. The predicted octanol–water partition coefficient (Wildman–Crippen LogP) is 3.05. The summed E-state index contributed by atoms with van der Waals surface area (Å²) in [6.45, 7) is 3.31. The summed E-state index contributed by atoms with van der Waals surface area (Å²) < 4.78 is 5.19. The predicted molar refractivity (Wildman–Crippen MR) is 85.8 cm³/mol. The number of ether oxygens (including phenoxy) is 1. The second-order valence-corrected chi connectivity index (χ2v) is 5.04. The molecule has 116 valence electrons. The molecule has 0 saturated carbocycles. The Kier molecular flexibility index (Phi) is 5.11. The van der Waals surface area contributed by atoms with E-state index in [0.717, 1.165) is 5.56 Å². The summed E-state index contributed by atoms with van der Waals surface area (Å²) in [5.74, 6) is -0.970. The van der Waals surface area contributed by atoms with Gasteiger partial charge in [0.2, 0.25) is 0 Å². The van der Waals surface area contributed by atoms with Crippen LogP contribution in [0.25, 0.3) is 0 Å². The fourth-order valence-electron chi connectivity index (χ4n) is 1.95. The Bertz CT molecular complexity index is 761. The van der Waals surface area contributed by atoms with Gasteiger partial charge in [0.05, 0.1) is 17.2 Å². The van der Waals surface area contributed by atoms with Crippen LogP contribution in [-0.2, 0) is 9.53 Å². The molecule has 2 aromatic rings. The molecule has 5 nitrogen and oxygen atoms in total. The third kappa shape index (κ3) is 4.17. The minimum atomic E-state index is -0.933. The summed E-state index contributed by atoms with van der Waals surface area (Å²) in [5.41, 5.74) is 2.26. The van der Waals surface area contributed by atoms with Crippen molar-refractivity contribution in [2.75, 3.05) is 5.32 Å². The van der Waals surface area contributed by atoms with Crippen molar-refractivity contribution < 1.29 is 14.3 Å². The lowest BCUT2D eigenvalue weighted by atomic mass is 10.1. The van der Waals surface area contributed by atoms with Crippen LogP contribution in [0.3, 0.4) is 0 Å². The van der Waals surface area contributed by atoms with E-state index in [9.17, 15) is 9.59 Å². The molecule has 0 saturated heterocycles. The lowest BCUT2D eigenvalue weighted by Gasteiger charge is -2.14. The number of nitrogens with one attached hydrogen (secondary N) is 1. The highest BCUT2D eigenvalue weighted by molar-refractivity contribution is 5.97. The van der Waals surface area contributed by atoms with Crippen LogP contribution in [0.2, 0.25) is 0 Å². The largest absolute Gasteiger partial charge is 0.449 e. The monoisotopic (exact) mass is 308 g/mol. The molecule has 1 amide bonds. The van der Waals surface area contributed by atoms with Crippen molar-refractivity contribution in [3.8, 4) is 6.07 Å². The summed E-state index contributed by atoms with van der Waals surface area (Å²) in [7, 11) is 0. The molecule has 0 aliphatic rings. The highest BCUT2D eigenvalue weighted by atomic mass is 16.5. The molecular weight excluding hydrogens is 292 g/mol. The molecule has 2 rings (SSSR count). The average Bonchev–Trinajstić information content (AvgIpc) is 2.55. The minimum Gasteiger partial charge on any atom is -0.449 e. The van der Waals surface area contributed by atoms with Crippen molar-refractivity contribution in [3.63, 3.8) is 0 Å². The van der Waals surface area contributed by atoms with Gasteiger partial charge >= 0.3 is 5.97 Å². The van der Waals surface area contributed by atoms with Crippen molar-refractivity contribution in [3.05, 3.63) is 65.2 Å². The lowest BCUT2D eigenvalue weighted by Crippen LogP contribution is -2.30. The van der Waals surface area contributed by atoms with E-state index in [2.05, 4.69) is 5.32 Å². The quantitative estimate of drug-likeness (QED) is 0.880. The van der Waals surface area contributed by atoms with E-state index in [-0.39, 0.29) is 0 Å². The van der Waals surface area contributed by atoms with Crippen molar-refractivity contribution in [1.29, 1.82) is 5.26 Å². The van der Waals surface area contributed by atoms with Gasteiger partial charge in [-0.05, 0) is 49.7 Å². The van der Waals surface area contributed by atoms with Crippen molar-refractivity contribution in [2.24, 2.45) is 0 Å². The molecule has 1 atom stereocenters. The first-order valence-electron chi connectivity index (χ1n) is 7.09. The summed E-state index contributed by atoms with van der Waals surface area (Å²) in [5, 5.41) is 11.4. The third-order valence-electron chi connectivity index (χ3n) is 3.30. The van der Waals surface area contributed by atoms with Gasteiger partial charge in [0.15, 0.2) is 6.10 Å². The van der Waals surface area contributed by atoms with Crippen LogP contribution in [0, 0.1) is 18.3 Å². The molecule has 0 aliphatic heterocycles. The minimum absolute atomic E-state index is 0.434. The highest BCUT2D eigenvalue weighted by Crippen LogP contribution is 2.12. The molecule has 0 radical (unpaired) electrons. The lowest BCUT2D eigenvalue weighted by molar-refractivity contribution is -0.123. The Morgan fingerprint density at radius 2 is 1.78 bits per heavy atom. The Morgan fingerprint density at radius 1 is 1.13 bits per heavy atom. The molecule has 0 aliphatic carbocycles. The smallest absolute Gasteiger partial charge is 0.339 e. The number of carbonyl (C=O) groups excluding carboxylic acids is 2. The Balaban J connectivity index is 1.98.